The molecular formula is C19H23NO. The molecule has 0 saturated heterocycles. The van der Waals surface area contributed by atoms with Crippen molar-refractivity contribution >= 4 is 10.8 Å². The molecule has 1 aromatic heterocycles. The Morgan fingerprint density at radius 3 is 2.71 bits per heavy atom. The Bertz CT molecular complexity index is 710. The molecule has 3 unspecified atom stereocenters. The van der Waals surface area contributed by atoms with Crippen LogP contribution in [0.15, 0.2) is 36.7 Å². The maximum atomic E-state index is 11.9. The van der Waals surface area contributed by atoms with E-state index >= 15 is 0 Å². The second-order valence-corrected chi connectivity index (χ2v) is 7.83. The lowest BCUT2D eigenvalue weighted by molar-refractivity contribution is -0.149. The third-order valence-electron chi connectivity index (χ3n) is 6.64. The first kappa shape index (κ1) is 13.3. The average Bonchev–Trinajstić information content (AvgIpc) is 2.95. The van der Waals surface area contributed by atoms with Crippen molar-refractivity contribution in [3.05, 3.63) is 42.2 Å². The van der Waals surface area contributed by atoms with Crippen LogP contribution in [0.2, 0.25) is 0 Å². The largest absolute Gasteiger partial charge is 0.384 e. The predicted molar refractivity (Wildman–Crippen MR) is 84.9 cm³/mol. The summed E-state index contributed by atoms with van der Waals surface area (Å²) in [7, 11) is 0. The molecule has 2 bridgehead atoms. The number of hydrogen-bond acceptors (Lipinski definition) is 2. The molecule has 0 amide bonds. The van der Waals surface area contributed by atoms with Crippen LogP contribution in [-0.4, -0.2) is 10.1 Å². The topological polar surface area (TPSA) is 33.1 Å². The summed E-state index contributed by atoms with van der Waals surface area (Å²) in [6.45, 7) is 6.77. The number of hydrogen-bond donors (Lipinski definition) is 1. The van der Waals surface area contributed by atoms with Crippen molar-refractivity contribution in [2.45, 2.75) is 45.6 Å². The van der Waals surface area contributed by atoms with Gasteiger partial charge >= 0.3 is 0 Å². The minimum absolute atomic E-state index is 0.0225. The van der Waals surface area contributed by atoms with Crippen LogP contribution in [-0.2, 0) is 5.60 Å². The highest BCUT2D eigenvalue weighted by atomic mass is 16.3. The van der Waals surface area contributed by atoms with E-state index in [9.17, 15) is 5.11 Å². The second kappa shape index (κ2) is 3.86. The molecule has 2 aliphatic rings. The third-order valence-corrected chi connectivity index (χ3v) is 6.64. The molecular weight excluding hydrogens is 258 g/mol. The molecule has 4 rings (SSSR count). The number of nitrogens with zero attached hydrogens (tertiary/aromatic N) is 1. The first-order chi connectivity index (χ1) is 9.90. The van der Waals surface area contributed by atoms with Crippen LogP contribution in [0, 0.1) is 16.7 Å². The van der Waals surface area contributed by atoms with Crippen LogP contribution < -0.4 is 0 Å². The fourth-order valence-electron chi connectivity index (χ4n) is 5.36. The number of fused-ring (bicyclic) bond motifs is 3. The molecule has 110 valence electrons. The second-order valence-electron chi connectivity index (χ2n) is 7.83. The van der Waals surface area contributed by atoms with Crippen LogP contribution in [0.1, 0.15) is 45.6 Å². The lowest BCUT2D eigenvalue weighted by atomic mass is 9.57. The van der Waals surface area contributed by atoms with Gasteiger partial charge in [-0.25, -0.2) is 0 Å². The van der Waals surface area contributed by atoms with E-state index < -0.39 is 5.60 Å². The van der Waals surface area contributed by atoms with Crippen LogP contribution in [0.4, 0.5) is 0 Å². The zero-order chi connectivity index (χ0) is 14.9. The molecule has 0 aliphatic heterocycles. The fourth-order valence-corrected chi connectivity index (χ4v) is 5.36. The van der Waals surface area contributed by atoms with Gasteiger partial charge < -0.3 is 5.11 Å². The van der Waals surface area contributed by atoms with E-state index in [2.05, 4.69) is 44.0 Å². The Morgan fingerprint density at radius 2 is 2.00 bits per heavy atom. The summed E-state index contributed by atoms with van der Waals surface area (Å²) in [6, 6.07) is 8.32. The van der Waals surface area contributed by atoms with E-state index in [0.29, 0.717) is 5.92 Å². The van der Waals surface area contributed by atoms with E-state index in [1.807, 2.05) is 18.5 Å². The molecule has 2 nitrogen and oxygen atoms in total. The highest BCUT2D eigenvalue weighted by Crippen LogP contribution is 2.72. The van der Waals surface area contributed by atoms with Crippen molar-refractivity contribution in [2.75, 3.05) is 0 Å². The molecule has 2 fully saturated rings. The van der Waals surface area contributed by atoms with Crippen LogP contribution >= 0.6 is 0 Å². The van der Waals surface area contributed by atoms with Gasteiger partial charge in [0.15, 0.2) is 0 Å². The Kier molecular flexibility index (Phi) is 2.44. The molecule has 0 spiro atoms. The summed E-state index contributed by atoms with van der Waals surface area (Å²) in [5, 5.41) is 14.2. The van der Waals surface area contributed by atoms with Gasteiger partial charge in [0.05, 0.1) is 0 Å². The molecule has 2 heteroatoms. The van der Waals surface area contributed by atoms with E-state index in [1.54, 1.807) is 0 Å². The Balaban J connectivity index is 2.03. The highest BCUT2D eigenvalue weighted by molar-refractivity contribution is 5.86. The monoisotopic (exact) mass is 281 g/mol. The van der Waals surface area contributed by atoms with Gasteiger partial charge in [-0.3, -0.25) is 4.98 Å². The van der Waals surface area contributed by atoms with Crippen molar-refractivity contribution in [3.8, 4) is 0 Å². The quantitative estimate of drug-likeness (QED) is 0.847. The van der Waals surface area contributed by atoms with Gasteiger partial charge in [-0.05, 0) is 42.2 Å². The molecule has 21 heavy (non-hydrogen) atoms. The molecule has 2 aromatic rings. The number of aliphatic hydroxyl groups is 1. The van der Waals surface area contributed by atoms with Gasteiger partial charge in [-0.15, -0.1) is 0 Å². The standard InChI is InChI=1S/C19H23NO/c1-17(2)14-7-9-18(3,11-14)19(17,21)16-6-4-5-13-8-10-20-12-15(13)16/h4-6,8,10,12,14,21H,7,9,11H2,1-3H3. The third kappa shape index (κ3) is 1.39. The van der Waals surface area contributed by atoms with E-state index in [0.717, 1.165) is 29.2 Å². The van der Waals surface area contributed by atoms with Crippen LogP contribution in [0.3, 0.4) is 0 Å². The average molecular weight is 281 g/mol. The van der Waals surface area contributed by atoms with Crippen LogP contribution in [0.25, 0.3) is 10.8 Å². The molecule has 1 heterocycles. The van der Waals surface area contributed by atoms with Crippen molar-refractivity contribution in [1.82, 2.24) is 4.98 Å². The lowest BCUT2D eigenvalue weighted by Crippen LogP contribution is -2.51. The highest BCUT2D eigenvalue weighted by Gasteiger charge is 2.69. The zero-order valence-electron chi connectivity index (χ0n) is 13.1. The van der Waals surface area contributed by atoms with Crippen molar-refractivity contribution in [1.29, 1.82) is 0 Å². The Morgan fingerprint density at radius 1 is 1.19 bits per heavy atom. The molecule has 2 aliphatic carbocycles. The van der Waals surface area contributed by atoms with Crippen molar-refractivity contribution in [3.63, 3.8) is 0 Å². The number of benzene rings is 1. The number of pyridine rings is 1. The maximum absolute atomic E-state index is 11.9. The van der Waals surface area contributed by atoms with Gasteiger partial charge in [0.1, 0.15) is 5.60 Å². The zero-order valence-corrected chi connectivity index (χ0v) is 13.1. The van der Waals surface area contributed by atoms with Crippen molar-refractivity contribution < 1.29 is 5.11 Å². The summed E-state index contributed by atoms with van der Waals surface area (Å²) in [5.74, 6) is 0.611. The van der Waals surface area contributed by atoms with Crippen molar-refractivity contribution in [2.24, 2.45) is 16.7 Å². The van der Waals surface area contributed by atoms with Gasteiger partial charge in [-0.2, -0.15) is 0 Å². The summed E-state index contributed by atoms with van der Waals surface area (Å²) in [6.07, 6.45) is 7.23. The molecule has 1 N–H and O–H groups in total. The number of rotatable bonds is 1. The molecule has 0 radical (unpaired) electrons. The minimum atomic E-state index is -0.772. The first-order valence-corrected chi connectivity index (χ1v) is 7.96. The van der Waals surface area contributed by atoms with Crippen LogP contribution in [0.5, 0.6) is 0 Å². The maximum Gasteiger partial charge on any atom is 0.101 e. The van der Waals surface area contributed by atoms with E-state index in [-0.39, 0.29) is 10.8 Å². The van der Waals surface area contributed by atoms with Gasteiger partial charge in [0, 0.05) is 28.6 Å². The minimum Gasteiger partial charge on any atom is -0.384 e. The molecule has 1 aromatic carbocycles. The Labute approximate surface area is 126 Å². The summed E-state index contributed by atoms with van der Waals surface area (Å²) in [4.78, 5) is 4.30. The SMILES string of the molecule is CC12CCC(C1)C(C)(C)C2(O)c1cccc2ccncc12. The van der Waals surface area contributed by atoms with Gasteiger partial charge in [-0.1, -0.05) is 39.0 Å². The fraction of sp³-hybridized carbons (Fsp3) is 0.526. The van der Waals surface area contributed by atoms with E-state index in [1.165, 1.54) is 6.42 Å². The summed E-state index contributed by atoms with van der Waals surface area (Å²) >= 11 is 0. The smallest absolute Gasteiger partial charge is 0.101 e. The molecule has 2 saturated carbocycles. The van der Waals surface area contributed by atoms with E-state index in [4.69, 9.17) is 0 Å². The number of aromatic nitrogens is 1. The molecule has 3 atom stereocenters. The Hall–Kier alpha value is -1.41. The summed E-state index contributed by atoms with van der Waals surface area (Å²) < 4.78 is 0. The van der Waals surface area contributed by atoms with Gasteiger partial charge in [0.2, 0.25) is 0 Å². The summed E-state index contributed by atoms with van der Waals surface area (Å²) in [5.41, 5.74) is 0.184. The normalized spacial score (nSPS) is 37.2. The first-order valence-electron chi connectivity index (χ1n) is 7.96. The lowest BCUT2D eigenvalue weighted by Gasteiger charge is -2.51. The predicted octanol–water partition coefficient (Wildman–Crippen LogP) is 4.27. The van der Waals surface area contributed by atoms with Gasteiger partial charge in [0.25, 0.3) is 0 Å².